The molecule has 0 bridgehead atoms. The van der Waals surface area contributed by atoms with Gasteiger partial charge >= 0.3 is 0 Å². The minimum Gasteiger partial charge on any atom is -0.247 e. The van der Waals surface area contributed by atoms with E-state index >= 15 is 0 Å². The average Bonchev–Trinajstić information content (AvgIpc) is 3.53. The number of nitrogens with one attached hydrogen (secondary N) is 1. The summed E-state index contributed by atoms with van der Waals surface area (Å²) in [6, 6.07) is 22.6. The fourth-order valence-corrected chi connectivity index (χ4v) is 7.50. The molecule has 250 valence electrons. The minimum absolute atomic E-state index is 0.00645. The summed E-state index contributed by atoms with van der Waals surface area (Å²) < 4.78 is 2.58. The second kappa shape index (κ2) is 23.0. The van der Waals surface area contributed by atoms with Crippen molar-refractivity contribution in [2.45, 2.75) is 180 Å². The number of rotatable bonds is 27. The monoisotopic (exact) mass is 614 g/mol. The Bertz CT molecular complexity index is 1090. The van der Waals surface area contributed by atoms with Crippen molar-refractivity contribution in [3.63, 3.8) is 0 Å². The Morgan fingerprint density at radius 3 is 1.58 bits per heavy atom. The highest BCUT2D eigenvalue weighted by atomic mass is 15.1. The number of aromatic amines is 1. The molecule has 0 radical (unpaired) electrons. The van der Waals surface area contributed by atoms with Crippen LogP contribution in [-0.4, -0.2) is 4.98 Å². The van der Waals surface area contributed by atoms with Gasteiger partial charge in [0, 0.05) is 5.41 Å². The van der Waals surface area contributed by atoms with Crippen molar-refractivity contribution >= 4 is 0 Å². The van der Waals surface area contributed by atoms with E-state index in [2.05, 4.69) is 103 Å². The molecule has 45 heavy (non-hydrogen) atoms. The van der Waals surface area contributed by atoms with E-state index < -0.39 is 0 Å². The molecule has 1 N–H and O–H groups in total. The van der Waals surface area contributed by atoms with Gasteiger partial charge in [0.2, 0.25) is 0 Å². The third-order valence-electron chi connectivity index (χ3n) is 10.3. The molecule has 3 aromatic rings. The molecule has 0 saturated heterocycles. The van der Waals surface area contributed by atoms with Crippen LogP contribution in [0.25, 0.3) is 0 Å². The lowest BCUT2D eigenvalue weighted by molar-refractivity contribution is -0.705. The number of hydrogen-bond donors (Lipinski definition) is 1. The van der Waals surface area contributed by atoms with Gasteiger partial charge in [-0.3, -0.25) is 0 Å². The third kappa shape index (κ3) is 13.9. The van der Waals surface area contributed by atoms with E-state index in [1.165, 1.54) is 152 Å². The number of H-pyrrole nitrogens is 1. The van der Waals surface area contributed by atoms with Crippen LogP contribution in [0.2, 0.25) is 0 Å². The van der Waals surface area contributed by atoms with E-state index in [1.54, 1.807) is 0 Å². The molecule has 0 aliphatic carbocycles. The Morgan fingerprint density at radius 2 is 1.04 bits per heavy atom. The van der Waals surface area contributed by atoms with Crippen molar-refractivity contribution in [2.24, 2.45) is 0 Å². The number of aromatic nitrogens is 2. The van der Waals surface area contributed by atoms with Crippen molar-refractivity contribution in [3.8, 4) is 0 Å². The van der Waals surface area contributed by atoms with Crippen LogP contribution >= 0.6 is 0 Å². The van der Waals surface area contributed by atoms with Gasteiger partial charge in [-0.15, -0.1) is 0 Å². The molecule has 0 aliphatic rings. The number of hydrogen-bond acceptors (Lipinski definition) is 0. The average molecular weight is 614 g/mol. The molecular weight excluding hydrogens is 544 g/mol. The summed E-state index contributed by atoms with van der Waals surface area (Å²) in [4.78, 5) is 3.80. The van der Waals surface area contributed by atoms with Gasteiger partial charge in [0.1, 0.15) is 12.4 Å². The third-order valence-corrected chi connectivity index (χ3v) is 10.3. The highest BCUT2D eigenvalue weighted by Crippen LogP contribution is 2.43. The van der Waals surface area contributed by atoms with Crippen LogP contribution in [0.4, 0.5) is 0 Å². The number of benzene rings is 2. The Kier molecular flexibility index (Phi) is 19.0. The molecule has 0 saturated carbocycles. The lowest BCUT2D eigenvalue weighted by Gasteiger charge is -2.37. The molecule has 1 aromatic heterocycles. The maximum Gasteiger partial charge on any atom is 0.258 e. The van der Waals surface area contributed by atoms with Gasteiger partial charge in [-0.1, -0.05) is 197 Å². The molecule has 2 heteroatoms. The highest BCUT2D eigenvalue weighted by molar-refractivity contribution is 5.32. The van der Waals surface area contributed by atoms with E-state index in [9.17, 15) is 0 Å². The topological polar surface area (TPSA) is 19.7 Å². The zero-order valence-electron chi connectivity index (χ0n) is 29.7. The first-order chi connectivity index (χ1) is 22.2. The molecule has 2 atom stereocenters. The van der Waals surface area contributed by atoms with Crippen molar-refractivity contribution in [2.75, 3.05) is 0 Å². The van der Waals surface area contributed by atoms with Crippen molar-refractivity contribution < 1.29 is 4.57 Å². The van der Waals surface area contributed by atoms with E-state index in [4.69, 9.17) is 0 Å². The Hall–Kier alpha value is -2.35. The van der Waals surface area contributed by atoms with E-state index in [0.29, 0.717) is 5.92 Å². The zero-order valence-corrected chi connectivity index (χ0v) is 29.7. The van der Waals surface area contributed by atoms with E-state index in [1.807, 2.05) is 0 Å². The van der Waals surface area contributed by atoms with Crippen LogP contribution in [0.3, 0.4) is 0 Å². The lowest BCUT2D eigenvalue weighted by atomic mass is 9.66. The van der Waals surface area contributed by atoms with Crippen LogP contribution in [-0.2, 0) is 18.4 Å². The Morgan fingerprint density at radius 1 is 0.578 bits per heavy atom. The fraction of sp³-hybridized carbons (Fsp3) is 0.651. The second-order valence-electron chi connectivity index (χ2n) is 14.2. The van der Waals surface area contributed by atoms with Crippen LogP contribution in [0, 0.1) is 0 Å². The summed E-state index contributed by atoms with van der Waals surface area (Å²) >= 11 is 0. The quantitative estimate of drug-likeness (QED) is 0.0652. The first kappa shape index (κ1) is 37.1. The summed E-state index contributed by atoms with van der Waals surface area (Å²) in [6.07, 6.45) is 34.5. The summed E-state index contributed by atoms with van der Waals surface area (Å²) in [5, 5.41) is 0. The van der Waals surface area contributed by atoms with Gasteiger partial charge in [-0.2, -0.15) is 0 Å². The first-order valence-corrected chi connectivity index (χ1v) is 19.3. The maximum atomic E-state index is 3.80. The maximum absolute atomic E-state index is 3.80. The summed E-state index contributed by atoms with van der Waals surface area (Å²) in [7, 11) is 0. The van der Waals surface area contributed by atoms with Gasteiger partial charge < -0.3 is 0 Å². The summed E-state index contributed by atoms with van der Waals surface area (Å²) in [5.41, 5.74) is 2.90. The van der Waals surface area contributed by atoms with Crippen molar-refractivity contribution in [1.82, 2.24) is 4.98 Å². The first-order valence-electron chi connectivity index (χ1n) is 19.3. The predicted octanol–water partition coefficient (Wildman–Crippen LogP) is 12.8. The zero-order chi connectivity index (χ0) is 31.8. The molecule has 1 heterocycles. The second-order valence-corrected chi connectivity index (χ2v) is 14.2. The van der Waals surface area contributed by atoms with Gasteiger partial charge in [-0.05, 0) is 36.8 Å². The molecular formula is C43H69N2+. The Labute approximate surface area is 278 Å². The number of unbranched alkanes of at least 4 members (excludes halogenated alkanes) is 18. The van der Waals surface area contributed by atoms with Gasteiger partial charge in [0.15, 0.2) is 0 Å². The van der Waals surface area contributed by atoms with E-state index in [0.717, 1.165) is 13.0 Å². The minimum atomic E-state index is 0.00645. The van der Waals surface area contributed by atoms with Gasteiger partial charge in [-0.25, -0.2) is 9.55 Å². The molecule has 2 aromatic carbocycles. The molecule has 0 fully saturated rings. The van der Waals surface area contributed by atoms with Gasteiger partial charge in [0.05, 0.1) is 12.5 Å². The normalized spacial score (nSPS) is 13.6. The summed E-state index contributed by atoms with van der Waals surface area (Å²) in [6.45, 7) is 8.28. The fourth-order valence-electron chi connectivity index (χ4n) is 7.50. The number of aryl methyl sites for hydroxylation is 1. The Balaban J connectivity index is 1.65. The molecule has 0 spiro atoms. The molecule has 0 amide bonds. The largest absolute Gasteiger partial charge is 0.258 e. The van der Waals surface area contributed by atoms with Crippen LogP contribution in [0.15, 0.2) is 73.1 Å². The number of imidazole rings is 1. The van der Waals surface area contributed by atoms with E-state index in [-0.39, 0.29) is 5.41 Å². The molecule has 0 aliphatic heterocycles. The van der Waals surface area contributed by atoms with Gasteiger partial charge in [0.25, 0.3) is 5.82 Å². The smallest absolute Gasteiger partial charge is 0.247 e. The standard InChI is InChI=1S/C43H68N2/c1-4-6-8-10-12-14-15-17-19-21-29-36-45-37-35-44-42(45)41(34-28-20-18-16-13-11-9-7-5-2)43(3,40-32-26-23-27-33-40)38-39-30-24-22-25-31-39/h22-27,30-33,35,37,41H,4-21,28-29,34,36,38H2,1-3H3/p+1. The molecule has 3 rings (SSSR count). The molecule has 2 unspecified atom stereocenters. The van der Waals surface area contributed by atoms with Crippen LogP contribution in [0.5, 0.6) is 0 Å². The van der Waals surface area contributed by atoms with Crippen LogP contribution in [0.1, 0.15) is 178 Å². The summed E-state index contributed by atoms with van der Waals surface area (Å²) in [5.74, 6) is 1.87. The predicted molar refractivity (Wildman–Crippen MR) is 196 cm³/mol. The number of nitrogens with zero attached hydrogens (tertiary/aromatic N) is 1. The van der Waals surface area contributed by atoms with Crippen LogP contribution < -0.4 is 4.57 Å². The lowest BCUT2D eigenvalue weighted by Crippen LogP contribution is -2.43. The SMILES string of the molecule is CCCCCCCCCCCCC[n+]1cc[nH]c1C(CCCCCCCCCCC)C(C)(Cc1ccccc1)c1ccccc1. The van der Waals surface area contributed by atoms with Crippen molar-refractivity contribution in [3.05, 3.63) is 90.0 Å². The highest BCUT2D eigenvalue weighted by Gasteiger charge is 2.41. The molecule has 2 nitrogen and oxygen atoms in total. The van der Waals surface area contributed by atoms with Crippen molar-refractivity contribution in [1.29, 1.82) is 0 Å².